The predicted octanol–water partition coefficient (Wildman–Crippen LogP) is 26.8. The van der Waals surface area contributed by atoms with Crippen molar-refractivity contribution >= 4 is 161 Å². The summed E-state index contributed by atoms with van der Waals surface area (Å²) in [6.07, 6.45) is 17.2. The van der Waals surface area contributed by atoms with Gasteiger partial charge in [-0.05, 0) is 146 Å². The number of hydrogen-bond donors (Lipinski definition) is 0. The molecule has 0 saturated carbocycles. The van der Waals surface area contributed by atoms with E-state index in [0.717, 1.165) is 181 Å². The van der Waals surface area contributed by atoms with Crippen LogP contribution in [0.1, 0.15) is 162 Å². The number of para-hydroxylation sites is 2. The number of fused-ring (bicyclic) bond motifs is 36. The molecule has 24 aromatic rings. The molecule has 0 aliphatic carbocycles. The predicted molar refractivity (Wildman–Crippen MR) is 573 cm³/mol. The van der Waals surface area contributed by atoms with Crippen LogP contribution in [0.15, 0.2) is 189 Å². The van der Waals surface area contributed by atoms with Gasteiger partial charge in [0.05, 0.1) is 73.0 Å². The molecule has 24 nitrogen and oxygen atoms in total. The van der Waals surface area contributed by atoms with E-state index in [2.05, 4.69) is 294 Å². The number of tetrazole rings is 1. The van der Waals surface area contributed by atoms with E-state index < -0.39 is 0 Å². The van der Waals surface area contributed by atoms with Crippen molar-refractivity contribution in [1.29, 1.82) is 0 Å². The first kappa shape index (κ1) is 122. The van der Waals surface area contributed by atoms with Gasteiger partial charge in [0.1, 0.15) is 12.0 Å². The fraction of sp³-hybridized carbons (Fsp3) is 0.268. The Morgan fingerprint density at radius 1 is 0.380 bits per heavy atom. The molecule has 0 aliphatic heterocycles. The van der Waals surface area contributed by atoms with Gasteiger partial charge < -0.3 is 105 Å². The normalized spacial score (nSPS) is 11.4. The number of aryl methyl sites for hydroxylation is 2. The summed E-state index contributed by atoms with van der Waals surface area (Å²) < 4.78 is 20.9. The molecule has 0 amide bonds. The Balaban J connectivity index is 0.000000307. The Bertz CT molecular complexity index is 8380. The summed E-state index contributed by atoms with van der Waals surface area (Å²) in [7, 11) is 0. The van der Waals surface area contributed by atoms with Gasteiger partial charge in [-0.15, -0.1) is 126 Å². The number of rotatable bonds is 7. The first-order valence-electron chi connectivity index (χ1n) is 43.3. The van der Waals surface area contributed by atoms with Crippen LogP contribution in [0.5, 0.6) is 0 Å². The standard InChI is InChI=1S/C26H29N4.C25H25N4.C22H27N4.C20H14N5S.C9H4N7.10CH3.5Ir/c1-25(2,3)15-17-13-20-22(14-18(17)16-26(4,5)6)30-21-10-8-7-9-19(21)23-27-11-12-29(23)24(30)28-20;1-16-9-8-10-17(2)21(16)20-13-26-23-19-12-7-6-11-18(19)22-24(29(20)23)27-15-28(22)14-25(3,4)5;1-21(2,3)13-16-18(14-22(4,5)6)26-17-10-8-7-9-15(17)19-23-11-12-25(19)20(26)24-16;1-11(2)18-23-17-19(26-18)22-16-12-7-3-5-9-14(12)24-15-10-6-4-8-13(15)21-20(24)25(16)17;1-2-4-7-6(3-1)8-11-10-5-15(8)9-12-13-14-16(7)9;;;;;;;;;;;;;;;/h7-8,10-14H,15-16H2,1-6H3;6-11,13,15H,14H2,1-5H3;7-8,10-12H,13-14H2,1-6H3;3-6,8-11H,1-2H3;1-2,4-5H;10*1H3;;;;;/q15*-1;5*+3. The topological polar surface area (TPSA) is 225 Å². The van der Waals surface area contributed by atoms with Crippen molar-refractivity contribution < 1.29 is 101 Å². The van der Waals surface area contributed by atoms with Crippen molar-refractivity contribution in [2.75, 3.05) is 0 Å². The van der Waals surface area contributed by atoms with Crippen LogP contribution in [0, 0.1) is 146 Å². The van der Waals surface area contributed by atoms with Crippen molar-refractivity contribution in [3.63, 3.8) is 0 Å². The molecule has 30 heteroatoms. The zero-order valence-corrected chi connectivity index (χ0v) is 99.6. The van der Waals surface area contributed by atoms with Crippen molar-refractivity contribution in [3.05, 3.63) is 332 Å². The van der Waals surface area contributed by atoms with Crippen LogP contribution in [0.4, 0.5) is 0 Å². The largest absolute Gasteiger partial charge is 3.00 e. The molecule has 0 spiro atoms. The fourth-order valence-electron chi connectivity index (χ4n) is 18.0. The van der Waals surface area contributed by atoms with E-state index >= 15 is 0 Å². The van der Waals surface area contributed by atoms with E-state index in [4.69, 9.17) is 34.9 Å². The molecule has 0 N–H and O–H groups in total. The van der Waals surface area contributed by atoms with E-state index in [0.29, 0.717) is 17.3 Å². The van der Waals surface area contributed by atoms with Gasteiger partial charge in [-0.25, -0.2) is 29.4 Å². The molecule has 0 fully saturated rings. The Morgan fingerprint density at radius 3 is 1.44 bits per heavy atom. The molecular weight excluding hydrogens is 2670 g/mol. The maximum Gasteiger partial charge on any atom is 3.00 e. The second kappa shape index (κ2) is 46.6. The summed E-state index contributed by atoms with van der Waals surface area (Å²) in [5.74, 6) is 3.66. The van der Waals surface area contributed by atoms with Gasteiger partial charge in [0.25, 0.3) is 0 Å². The summed E-state index contributed by atoms with van der Waals surface area (Å²) in [5.41, 5.74) is 26.7. The molecule has 16 heterocycles. The number of hydrogen-bond acceptors (Lipinski definition) is 15. The van der Waals surface area contributed by atoms with Gasteiger partial charge in [0, 0.05) is 60.2 Å². The molecule has 0 unspecified atom stereocenters. The van der Waals surface area contributed by atoms with Crippen LogP contribution in [0.25, 0.3) is 161 Å². The van der Waals surface area contributed by atoms with Crippen LogP contribution in [0.2, 0.25) is 0 Å². The number of aromatic nitrogens is 24. The van der Waals surface area contributed by atoms with Crippen LogP contribution in [-0.4, -0.2) is 115 Å². The molecule has 0 atom stereocenters. The van der Waals surface area contributed by atoms with Crippen molar-refractivity contribution in [2.45, 2.75) is 170 Å². The molecule has 16 aromatic heterocycles. The van der Waals surface area contributed by atoms with Crippen molar-refractivity contribution in [1.82, 2.24) is 115 Å². The van der Waals surface area contributed by atoms with E-state index in [1.165, 1.54) is 39.2 Å². The van der Waals surface area contributed by atoms with E-state index in [-0.39, 0.29) is 202 Å². The van der Waals surface area contributed by atoms with Crippen molar-refractivity contribution in [2.24, 2.45) is 27.1 Å². The Labute approximate surface area is 908 Å². The minimum absolute atomic E-state index is 0. The molecule has 24 rings (SSSR count). The molecule has 0 aliphatic rings. The quantitative estimate of drug-likeness (QED) is 0.135. The third-order valence-corrected chi connectivity index (χ3v) is 24.2. The average molecular weight is 2800 g/mol. The molecule has 142 heavy (non-hydrogen) atoms. The maximum atomic E-state index is 5.10. The van der Waals surface area contributed by atoms with Gasteiger partial charge in [-0.1, -0.05) is 197 Å². The smallest absolute Gasteiger partial charge is 0.358 e. The number of thiazole rings is 1. The summed E-state index contributed by atoms with van der Waals surface area (Å²) in [4.78, 5) is 44.6. The van der Waals surface area contributed by atoms with Gasteiger partial charge in [0.15, 0.2) is 10.5 Å². The average Bonchev–Trinajstić information content (AvgIpc) is 1.54. The number of imidazole rings is 8. The maximum absolute atomic E-state index is 5.10. The molecule has 748 valence electrons. The number of benzene rings is 8. The second-order valence-corrected chi connectivity index (χ2v) is 40.8. The van der Waals surface area contributed by atoms with Gasteiger partial charge in [0.2, 0.25) is 23.1 Å². The molecule has 8 aromatic carbocycles. The second-order valence-electron chi connectivity index (χ2n) is 39.8. The summed E-state index contributed by atoms with van der Waals surface area (Å²) in [6.45, 7) is 43.8. The van der Waals surface area contributed by atoms with Gasteiger partial charge >= 0.3 is 101 Å². The monoisotopic (exact) mass is 2810 g/mol. The number of nitrogens with zero attached hydrogens (tertiary/aromatic N) is 24. The van der Waals surface area contributed by atoms with Crippen LogP contribution in [0.3, 0.4) is 0 Å². The summed E-state index contributed by atoms with van der Waals surface area (Å²) in [6, 6.07) is 66.1. The van der Waals surface area contributed by atoms with Crippen molar-refractivity contribution in [3.8, 4) is 11.3 Å². The summed E-state index contributed by atoms with van der Waals surface area (Å²) >= 11 is 1.66. The molecular formula is C112H129Ir5N24S. The third-order valence-electron chi connectivity index (χ3n) is 22.9. The van der Waals surface area contributed by atoms with Crippen LogP contribution >= 0.6 is 11.3 Å². The van der Waals surface area contributed by atoms with E-state index in [9.17, 15) is 0 Å². The van der Waals surface area contributed by atoms with Gasteiger partial charge in [-0.3, -0.25) is 28.7 Å². The fourth-order valence-corrected chi connectivity index (χ4v) is 18.9. The van der Waals surface area contributed by atoms with Gasteiger partial charge in [-0.2, -0.15) is 5.10 Å². The minimum atomic E-state index is 0. The molecule has 0 bridgehead atoms. The van der Waals surface area contributed by atoms with E-state index in [1.54, 1.807) is 26.6 Å². The molecule has 0 saturated heterocycles. The zero-order valence-electron chi connectivity index (χ0n) is 86.8. The Kier molecular flexibility index (Phi) is 39.9. The zero-order chi connectivity index (χ0) is 88.2. The Morgan fingerprint density at radius 2 is 0.880 bits per heavy atom. The van der Waals surface area contributed by atoms with Crippen LogP contribution in [-0.2, 0) is 133 Å². The first-order chi connectivity index (χ1) is 60.8. The van der Waals surface area contributed by atoms with E-state index in [1.807, 2.05) is 122 Å². The molecule has 0 radical (unpaired) electrons. The van der Waals surface area contributed by atoms with Crippen LogP contribution < -0.4 is 0 Å². The number of pyridine rings is 1. The first-order valence-corrected chi connectivity index (χ1v) is 44.1. The SMILES string of the molecule is CC(C)(C)Cc1cc2nc3n4ccnc4c4[c-]cccc4n3c2cc1CC(C)(C)C.CC(C)(C)Cc1nc2n3ccnc3c3[c-]cccc3n2c1CC(C)(C)C.CC(C)c1nc2c(nc3c4[c-]cccc4n4c5ccccc5nc4n23)s1.Cc1cccc(C)c1-c1cnc2c3[c-]cccc3c3c(ncn3CC(C)(C)C)n12.[CH3-].[CH3-].[CH3-].[CH3-].[CH3-].[CH3-].[CH3-].[CH3-].[CH3-].[CH3-].[Ir+3].[Ir+3].[Ir+3].[Ir+3].[Ir+3].[c-]1cccc2c1c1nncn1c1nnnn21. The third kappa shape index (κ3) is 22.4. The minimum Gasteiger partial charge on any atom is -0.358 e. The summed E-state index contributed by atoms with van der Waals surface area (Å²) in [5, 5.41) is 26.6. The Hall–Kier alpha value is -10.7.